The number of amides is 3. The van der Waals surface area contributed by atoms with Gasteiger partial charge in [-0.2, -0.15) is 0 Å². The van der Waals surface area contributed by atoms with Crippen LogP contribution < -0.4 is 5.32 Å². The molecule has 4 rings (SSSR count). The Labute approximate surface area is 174 Å². The smallest absolute Gasteiger partial charge is 0.267 e. The number of halogens is 2. The van der Waals surface area contributed by atoms with Gasteiger partial charge >= 0.3 is 0 Å². The van der Waals surface area contributed by atoms with Crippen LogP contribution in [0.4, 0.5) is 8.78 Å². The fourth-order valence-corrected chi connectivity index (χ4v) is 4.92. The third-order valence-corrected chi connectivity index (χ3v) is 6.55. The monoisotopic (exact) mass is 419 g/mol. The molecule has 3 amide bonds. The molecule has 8 heteroatoms. The van der Waals surface area contributed by atoms with Gasteiger partial charge in [-0.3, -0.25) is 14.4 Å². The minimum Gasteiger partial charge on any atom is -0.344 e. The highest BCUT2D eigenvalue weighted by molar-refractivity contribution is 5.94. The van der Waals surface area contributed by atoms with Crippen LogP contribution in [0.15, 0.2) is 18.2 Å². The molecular weight excluding hydrogens is 392 g/mol. The molecule has 0 bridgehead atoms. The Morgan fingerprint density at radius 2 is 2.03 bits per heavy atom. The lowest BCUT2D eigenvalue weighted by molar-refractivity contribution is -0.136. The number of aryl methyl sites for hydroxylation is 1. The van der Waals surface area contributed by atoms with Gasteiger partial charge in [-0.15, -0.1) is 0 Å². The maximum absolute atomic E-state index is 13.6. The summed E-state index contributed by atoms with van der Waals surface area (Å²) in [5, 5.41) is 2.61. The Balaban J connectivity index is 1.36. The average Bonchev–Trinajstić information content (AvgIpc) is 3.36. The van der Waals surface area contributed by atoms with Crippen LogP contribution in [0.1, 0.15) is 49.8 Å². The molecule has 3 aliphatic rings. The topological polar surface area (TPSA) is 69.7 Å². The number of nitrogens with zero attached hydrogens (tertiary/aromatic N) is 2. The Morgan fingerprint density at radius 1 is 1.27 bits per heavy atom. The molecule has 3 aliphatic heterocycles. The summed E-state index contributed by atoms with van der Waals surface area (Å²) in [6, 6.07) is 4.67. The molecular formula is C22H27F2N3O3. The van der Waals surface area contributed by atoms with Crippen molar-refractivity contribution in [1.29, 1.82) is 0 Å². The Bertz CT molecular complexity index is 888. The van der Waals surface area contributed by atoms with Crippen LogP contribution in [-0.2, 0) is 33.9 Å². The second-order valence-electron chi connectivity index (χ2n) is 8.73. The number of alkyl halides is 2. The van der Waals surface area contributed by atoms with E-state index < -0.39 is 36.4 Å². The van der Waals surface area contributed by atoms with Gasteiger partial charge in [-0.1, -0.05) is 25.1 Å². The number of fused-ring (bicyclic) bond motifs is 1. The van der Waals surface area contributed by atoms with Crippen LogP contribution >= 0.6 is 0 Å². The largest absolute Gasteiger partial charge is 0.344 e. The summed E-state index contributed by atoms with van der Waals surface area (Å²) in [4.78, 5) is 40.8. The lowest BCUT2D eigenvalue weighted by Gasteiger charge is -2.24. The standard InChI is InChI=1S/C22H27F2N3O3/c1-3-14-5-4-6-15-10-26(11-17(14)15)19(28)8-16-7-18(25-20(16)29)21(30)27-12-22(23,24)9-13(27)2/h4-6,13,16,18H,3,7-12H2,1-2H3,(H,25,29)/t13-,16+,18+/m1/s1. The van der Waals surface area contributed by atoms with Crippen molar-refractivity contribution in [3.63, 3.8) is 0 Å². The van der Waals surface area contributed by atoms with Gasteiger partial charge in [0.15, 0.2) is 0 Å². The average molecular weight is 419 g/mol. The molecule has 3 atom stereocenters. The van der Waals surface area contributed by atoms with E-state index in [1.54, 1.807) is 11.8 Å². The number of likely N-dealkylation sites (tertiary alicyclic amines) is 1. The summed E-state index contributed by atoms with van der Waals surface area (Å²) >= 11 is 0. The second kappa shape index (κ2) is 7.63. The third kappa shape index (κ3) is 3.79. The lowest BCUT2D eigenvalue weighted by Crippen LogP contribution is -2.46. The molecule has 0 aromatic heterocycles. The molecule has 0 aliphatic carbocycles. The van der Waals surface area contributed by atoms with Crippen LogP contribution in [-0.4, -0.2) is 52.1 Å². The molecule has 1 aromatic rings. The molecule has 6 nitrogen and oxygen atoms in total. The molecule has 1 aromatic carbocycles. The molecule has 0 saturated carbocycles. The molecule has 162 valence electrons. The van der Waals surface area contributed by atoms with Crippen molar-refractivity contribution >= 4 is 17.7 Å². The van der Waals surface area contributed by atoms with Gasteiger partial charge in [0, 0.05) is 37.9 Å². The summed E-state index contributed by atoms with van der Waals surface area (Å²) in [6.07, 6.45) is 0.723. The summed E-state index contributed by atoms with van der Waals surface area (Å²) in [5.41, 5.74) is 3.54. The second-order valence-corrected chi connectivity index (χ2v) is 8.73. The third-order valence-electron chi connectivity index (χ3n) is 6.55. The zero-order valence-corrected chi connectivity index (χ0v) is 17.3. The Hall–Kier alpha value is -2.51. The van der Waals surface area contributed by atoms with E-state index in [0.717, 1.165) is 16.9 Å². The van der Waals surface area contributed by atoms with Crippen molar-refractivity contribution in [1.82, 2.24) is 15.1 Å². The highest BCUT2D eigenvalue weighted by atomic mass is 19.3. The number of benzene rings is 1. The molecule has 2 fully saturated rings. The van der Waals surface area contributed by atoms with Gasteiger partial charge in [0.25, 0.3) is 5.92 Å². The van der Waals surface area contributed by atoms with Crippen LogP contribution in [0.25, 0.3) is 0 Å². The first kappa shape index (κ1) is 20.8. The summed E-state index contributed by atoms with van der Waals surface area (Å²) in [6.45, 7) is 4.12. The van der Waals surface area contributed by atoms with Gasteiger partial charge in [-0.25, -0.2) is 8.78 Å². The summed E-state index contributed by atoms with van der Waals surface area (Å²) < 4.78 is 27.3. The van der Waals surface area contributed by atoms with E-state index in [2.05, 4.69) is 18.3 Å². The van der Waals surface area contributed by atoms with E-state index >= 15 is 0 Å². The van der Waals surface area contributed by atoms with Crippen LogP contribution in [0, 0.1) is 5.92 Å². The number of carbonyl (C=O) groups is 3. The normalized spacial score (nSPS) is 27.3. The van der Waals surface area contributed by atoms with Crippen molar-refractivity contribution < 1.29 is 23.2 Å². The summed E-state index contributed by atoms with van der Waals surface area (Å²) in [7, 11) is 0. The Kier molecular flexibility index (Phi) is 5.28. The maximum Gasteiger partial charge on any atom is 0.267 e. The van der Waals surface area contributed by atoms with Gasteiger partial charge in [0.05, 0.1) is 6.54 Å². The fourth-order valence-electron chi connectivity index (χ4n) is 4.92. The van der Waals surface area contributed by atoms with Gasteiger partial charge in [-0.05, 0) is 36.5 Å². The fraction of sp³-hybridized carbons (Fsp3) is 0.591. The maximum atomic E-state index is 13.6. The van der Waals surface area contributed by atoms with Crippen molar-refractivity contribution in [3.05, 3.63) is 34.9 Å². The molecule has 3 heterocycles. The minimum absolute atomic E-state index is 0.0246. The van der Waals surface area contributed by atoms with Crippen molar-refractivity contribution in [3.8, 4) is 0 Å². The van der Waals surface area contributed by atoms with E-state index in [1.807, 2.05) is 12.1 Å². The quantitative estimate of drug-likeness (QED) is 0.814. The number of carbonyl (C=O) groups excluding carboxylic acids is 3. The predicted molar refractivity (Wildman–Crippen MR) is 105 cm³/mol. The van der Waals surface area contributed by atoms with E-state index in [9.17, 15) is 23.2 Å². The molecule has 30 heavy (non-hydrogen) atoms. The number of nitrogens with one attached hydrogen (secondary N) is 1. The van der Waals surface area contributed by atoms with E-state index in [-0.39, 0.29) is 31.1 Å². The van der Waals surface area contributed by atoms with Gasteiger partial charge < -0.3 is 15.1 Å². The zero-order chi connectivity index (χ0) is 21.6. The Morgan fingerprint density at radius 3 is 2.70 bits per heavy atom. The highest BCUT2D eigenvalue weighted by Crippen LogP contribution is 2.34. The molecule has 1 N–H and O–H groups in total. The molecule has 0 radical (unpaired) electrons. The first-order chi connectivity index (χ1) is 14.2. The van der Waals surface area contributed by atoms with Crippen molar-refractivity contribution in [2.24, 2.45) is 5.92 Å². The molecule has 2 saturated heterocycles. The van der Waals surface area contributed by atoms with E-state index in [1.165, 1.54) is 11.1 Å². The number of hydrogen-bond acceptors (Lipinski definition) is 3. The molecule has 0 unspecified atom stereocenters. The lowest BCUT2D eigenvalue weighted by atomic mass is 9.99. The summed E-state index contributed by atoms with van der Waals surface area (Å²) in [5.74, 6) is -4.47. The van der Waals surface area contributed by atoms with E-state index in [4.69, 9.17) is 0 Å². The number of rotatable bonds is 4. The van der Waals surface area contributed by atoms with Crippen LogP contribution in [0.5, 0.6) is 0 Å². The van der Waals surface area contributed by atoms with Gasteiger partial charge in [0.1, 0.15) is 6.04 Å². The first-order valence-electron chi connectivity index (χ1n) is 10.5. The predicted octanol–water partition coefficient (Wildman–Crippen LogP) is 2.24. The van der Waals surface area contributed by atoms with Crippen LogP contribution in [0.2, 0.25) is 0 Å². The molecule has 0 spiro atoms. The minimum atomic E-state index is -2.89. The highest BCUT2D eigenvalue weighted by Gasteiger charge is 2.48. The van der Waals surface area contributed by atoms with Gasteiger partial charge in [0.2, 0.25) is 17.7 Å². The van der Waals surface area contributed by atoms with Crippen molar-refractivity contribution in [2.45, 2.75) is 70.6 Å². The number of hydrogen-bond donors (Lipinski definition) is 1. The zero-order valence-electron chi connectivity index (χ0n) is 17.3. The first-order valence-corrected chi connectivity index (χ1v) is 10.5. The van der Waals surface area contributed by atoms with Crippen molar-refractivity contribution in [2.75, 3.05) is 6.54 Å². The van der Waals surface area contributed by atoms with E-state index in [0.29, 0.717) is 13.1 Å². The van der Waals surface area contributed by atoms with Crippen LogP contribution in [0.3, 0.4) is 0 Å². The SMILES string of the molecule is CCc1cccc2c1CN(C(=O)C[C@@H]1C[C@@H](C(=O)N3CC(F)(F)C[C@H]3C)NC1=O)C2.